The molecule has 0 aromatic carbocycles. The van der Waals surface area contributed by atoms with E-state index in [1.54, 1.807) is 0 Å². The summed E-state index contributed by atoms with van der Waals surface area (Å²) in [5.41, 5.74) is 0. The van der Waals surface area contributed by atoms with Gasteiger partial charge in [-0.25, -0.2) is 0 Å². The topological polar surface area (TPSA) is 61.6 Å². The second kappa shape index (κ2) is 5.59. The smallest absolute Gasteiger partial charge is 0.229 e. The van der Waals surface area contributed by atoms with E-state index in [9.17, 15) is 10.1 Å². The van der Waals surface area contributed by atoms with Gasteiger partial charge in [0.15, 0.2) is 0 Å². The van der Waals surface area contributed by atoms with Gasteiger partial charge < -0.3 is 9.47 Å². The van der Waals surface area contributed by atoms with Crippen LogP contribution in [0.25, 0.3) is 0 Å². The first kappa shape index (κ1) is 10.5. The van der Waals surface area contributed by atoms with Crippen molar-refractivity contribution in [3.05, 3.63) is 10.1 Å². The molecule has 0 bridgehead atoms. The van der Waals surface area contributed by atoms with E-state index in [-0.39, 0.29) is 41.9 Å². The molecule has 94 valence electrons. The van der Waals surface area contributed by atoms with E-state index < -0.39 is 13.2 Å². The molecule has 1 rings (SSSR count). The Morgan fingerprint density at radius 1 is 1.44 bits per heavy atom. The number of rotatable bonds is 4. The summed E-state index contributed by atoms with van der Waals surface area (Å²) < 4.78 is 24.6. The van der Waals surface area contributed by atoms with Crippen LogP contribution in [0.3, 0.4) is 0 Å². The summed E-state index contributed by atoms with van der Waals surface area (Å²) in [6.07, 6.45) is -0.700. The van der Waals surface area contributed by atoms with Crippen LogP contribution < -0.4 is 0 Å². The van der Waals surface area contributed by atoms with E-state index in [0.29, 0.717) is 0 Å². The lowest BCUT2D eigenvalue weighted by molar-refractivity contribution is -0.497. The summed E-state index contributed by atoms with van der Waals surface area (Å²) in [5, 5.41) is 10.6. The lowest BCUT2D eigenvalue weighted by atomic mass is 9.76. The number of nitro groups is 1. The molecular weight excluding hydrogens is 210 g/mol. The molecule has 16 heavy (non-hydrogen) atoms. The fourth-order valence-electron chi connectivity index (χ4n) is 2.27. The molecule has 1 aliphatic heterocycles. The van der Waals surface area contributed by atoms with Crippen LogP contribution >= 0.6 is 0 Å². The van der Waals surface area contributed by atoms with Crippen molar-refractivity contribution in [2.75, 3.05) is 20.2 Å². The minimum absolute atomic E-state index is 0.115. The van der Waals surface area contributed by atoms with E-state index in [1.807, 2.05) is 13.8 Å². The molecule has 0 aliphatic carbocycles. The Kier molecular flexibility index (Phi) is 3.66. The lowest BCUT2D eigenvalue weighted by Gasteiger charge is -2.42. The third kappa shape index (κ3) is 2.92. The summed E-state index contributed by atoms with van der Waals surface area (Å²) in [7, 11) is -1.34. The molecule has 1 unspecified atom stereocenters. The zero-order valence-corrected chi connectivity index (χ0v) is 9.96. The Bertz CT molecular complexity index is 290. The van der Waals surface area contributed by atoms with E-state index in [0.717, 1.165) is 0 Å². The lowest BCUT2D eigenvalue weighted by Crippen LogP contribution is -2.48. The van der Waals surface area contributed by atoms with Crippen LogP contribution in [0.5, 0.6) is 0 Å². The summed E-state index contributed by atoms with van der Waals surface area (Å²) in [4.78, 5) is 10.2. The molecule has 0 saturated carbocycles. The molecule has 0 amide bonds. The van der Waals surface area contributed by atoms with E-state index in [2.05, 4.69) is 6.92 Å². The third-order valence-corrected chi connectivity index (χ3v) is 3.77. The average molecular weight is 234 g/mol. The number of methoxy groups -OCH3 is 1. The predicted molar refractivity (Wildman–Crippen MR) is 59.9 cm³/mol. The Hall–Kier alpha value is -0.680. The fraction of sp³-hybridized carbons (Fsp3) is 1.00. The van der Waals surface area contributed by atoms with Crippen LogP contribution in [0, 0.1) is 27.9 Å². The number of nitrogens with zero attached hydrogens (tertiary/aromatic N) is 1. The molecular formula is C11H21NO4. The number of hydrogen-bond acceptors (Lipinski definition) is 4. The second-order valence-electron chi connectivity index (χ2n) is 4.64. The van der Waals surface area contributed by atoms with Crippen molar-refractivity contribution in [1.29, 1.82) is 0 Å². The highest BCUT2D eigenvalue weighted by Gasteiger charge is 2.40. The van der Waals surface area contributed by atoms with Gasteiger partial charge in [-0.2, -0.15) is 0 Å². The highest BCUT2D eigenvalue weighted by atomic mass is 16.6. The molecule has 6 atom stereocenters. The molecule has 0 N–H and O–H groups in total. The van der Waals surface area contributed by atoms with Crippen LogP contribution in [0.1, 0.15) is 23.5 Å². The summed E-state index contributed by atoms with van der Waals surface area (Å²) in [6.45, 7) is 5.96. The molecule has 5 nitrogen and oxygen atoms in total. The summed E-state index contributed by atoms with van der Waals surface area (Å²) in [6, 6.07) is 0. The third-order valence-electron chi connectivity index (χ3n) is 3.77. The van der Waals surface area contributed by atoms with Crippen molar-refractivity contribution in [2.24, 2.45) is 17.8 Å². The zero-order valence-electron chi connectivity index (χ0n) is 12.0. The largest absolute Gasteiger partial charge is 0.382 e. The van der Waals surface area contributed by atoms with Crippen molar-refractivity contribution < 1.29 is 17.1 Å². The Morgan fingerprint density at radius 3 is 2.62 bits per heavy atom. The normalized spacial score (nSPS) is 43.3. The summed E-state index contributed by atoms with van der Waals surface area (Å²) >= 11 is 0. The molecule has 5 heteroatoms. The van der Waals surface area contributed by atoms with Gasteiger partial charge in [-0.15, -0.1) is 0 Å². The van der Waals surface area contributed by atoms with Gasteiger partial charge in [0.2, 0.25) is 6.54 Å². The number of ether oxygens (including phenoxy) is 2. The minimum Gasteiger partial charge on any atom is -0.382 e. The standard InChI is InChI=1S/C11H21NO4/c1-7-8(2)10(5-12(13)14)16-11(6-15-4)9(7)3/h7-11H,5-6H2,1-4H3/t7-,8-,9-,10+,11-/m1/s1/i4TD/t4?,7-,8-,9-,10+,11-. The highest BCUT2D eigenvalue weighted by Crippen LogP contribution is 2.35. The van der Waals surface area contributed by atoms with Crippen molar-refractivity contribution in [3.63, 3.8) is 0 Å². The maximum Gasteiger partial charge on any atom is 0.229 e. The maximum atomic E-state index is 10.6. The van der Waals surface area contributed by atoms with E-state index in [1.165, 1.54) is 0 Å². The quantitative estimate of drug-likeness (QED) is 0.547. The minimum atomic E-state index is -1.34. The number of hydrogen-bond donors (Lipinski definition) is 0. The van der Waals surface area contributed by atoms with Crippen LogP contribution in [-0.2, 0) is 9.47 Å². The van der Waals surface area contributed by atoms with Crippen molar-refractivity contribution in [3.8, 4) is 0 Å². The molecule has 0 radical (unpaired) electrons. The van der Waals surface area contributed by atoms with Crippen molar-refractivity contribution in [1.82, 2.24) is 0 Å². The van der Waals surface area contributed by atoms with Gasteiger partial charge in [0.1, 0.15) is 6.10 Å². The monoisotopic (exact) mass is 234 g/mol. The molecule has 1 heterocycles. The first-order valence-corrected chi connectivity index (χ1v) is 5.56. The molecule has 0 aromatic rings. The van der Waals surface area contributed by atoms with Crippen LogP contribution in [0.2, 0.25) is 0 Å². The van der Waals surface area contributed by atoms with Gasteiger partial charge in [0.25, 0.3) is 0 Å². The van der Waals surface area contributed by atoms with Gasteiger partial charge in [-0.3, -0.25) is 10.1 Å². The van der Waals surface area contributed by atoms with Gasteiger partial charge in [0, 0.05) is 12.0 Å². The van der Waals surface area contributed by atoms with E-state index >= 15 is 0 Å². The maximum absolute atomic E-state index is 10.6. The SMILES string of the molecule is [2H]C([3H])OC[C@H]1O[C@@H](C[N+](=O)[O-])[C@H](C)[C@@H](C)[C@H]1C. The Morgan fingerprint density at radius 2 is 2.06 bits per heavy atom. The van der Waals surface area contributed by atoms with Gasteiger partial charge in [-0.1, -0.05) is 20.8 Å². The molecule has 0 spiro atoms. The van der Waals surface area contributed by atoms with Crippen LogP contribution in [-0.4, -0.2) is 37.3 Å². The van der Waals surface area contributed by atoms with Gasteiger partial charge >= 0.3 is 0 Å². The second-order valence-corrected chi connectivity index (χ2v) is 4.64. The van der Waals surface area contributed by atoms with Gasteiger partial charge in [0.05, 0.1) is 15.5 Å². The fourth-order valence-corrected chi connectivity index (χ4v) is 2.27. The van der Waals surface area contributed by atoms with Crippen molar-refractivity contribution in [2.45, 2.75) is 33.0 Å². The van der Waals surface area contributed by atoms with Crippen LogP contribution in [0.15, 0.2) is 0 Å². The molecule has 1 saturated heterocycles. The predicted octanol–water partition coefficient (Wildman–Crippen LogP) is 1.59. The van der Waals surface area contributed by atoms with Gasteiger partial charge in [-0.05, 0) is 17.8 Å². The Labute approximate surface area is 99.1 Å². The first-order valence-electron chi connectivity index (χ1n) is 6.71. The zero-order chi connectivity index (χ0) is 13.9. The van der Waals surface area contributed by atoms with Crippen molar-refractivity contribution >= 4 is 0 Å². The average Bonchev–Trinajstić information content (AvgIpc) is 2.27. The van der Waals surface area contributed by atoms with E-state index in [4.69, 9.17) is 12.2 Å². The van der Waals surface area contributed by atoms with Crippen LogP contribution in [0.4, 0.5) is 0 Å². The molecule has 0 aromatic heterocycles. The molecule has 1 aliphatic rings. The highest BCUT2D eigenvalue weighted by molar-refractivity contribution is 4.85. The first-order chi connectivity index (χ1) is 8.32. The summed E-state index contributed by atoms with van der Waals surface area (Å²) in [5.74, 6) is 0.596. The molecule has 1 fully saturated rings. The Balaban J connectivity index is 2.64.